The fourth-order valence-corrected chi connectivity index (χ4v) is 4.56. The molecule has 0 amide bonds. The molecule has 1 heterocycles. The number of anilines is 1. The Kier molecular flexibility index (Phi) is 7.52. The van der Waals surface area contributed by atoms with E-state index in [9.17, 15) is 15.4 Å². The predicted molar refractivity (Wildman–Crippen MR) is 129 cm³/mol. The van der Waals surface area contributed by atoms with Gasteiger partial charge >= 0.3 is 0 Å². The minimum Gasteiger partial charge on any atom is -0.487 e. The lowest BCUT2D eigenvalue weighted by atomic mass is 10.1. The first kappa shape index (κ1) is 21.9. The lowest BCUT2D eigenvalue weighted by Crippen LogP contribution is -2.02. The van der Waals surface area contributed by atoms with E-state index < -0.39 is 4.92 Å². The molecule has 30 heavy (non-hydrogen) atoms. The zero-order valence-electron chi connectivity index (χ0n) is 15.3. The summed E-state index contributed by atoms with van der Waals surface area (Å²) in [6.45, 7) is 0.302. The summed E-state index contributed by atoms with van der Waals surface area (Å²) in [5.41, 5.74) is 4.93. The molecular formula is C20H13I2N5O3. The number of nitro groups is 1. The second-order valence-corrected chi connectivity index (χ2v) is 8.22. The highest BCUT2D eigenvalue weighted by Crippen LogP contribution is 2.29. The number of hydrogen-bond donors (Lipinski definition) is 1. The molecule has 0 aliphatic rings. The minimum atomic E-state index is -0.507. The summed E-state index contributed by atoms with van der Waals surface area (Å²) in [6, 6.07) is 16.2. The van der Waals surface area contributed by atoms with Crippen LogP contribution in [0, 0.1) is 28.6 Å². The number of aromatic nitrogens is 1. The number of benzene rings is 2. The van der Waals surface area contributed by atoms with E-state index in [0.717, 1.165) is 24.0 Å². The zero-order valence-corrected chi connectivity index (χ0v) is 19.6. The molecule has 8 nitrogen and oxygen atoms in total. The number of hydrogen-bond acceptors (Lipinski definition) is 7. The van der Waals surface area contributed by atoms with Gasteiger partial charge < -0.3 is 4.74 Å². The number of nitrogens with zero attached hydrogens (tertiary/aromatic N) is 4. The largest absolute Gasteiger partial charge is 0.487 e. The predicted octanol–water partition coefficient (Wildman–Crippen LogP) is 5.10. The van der Waals surface area contributed by atoms with Gasteiger partial charge in [-0.3, -0.25) is 15.5 Å². The lowest BCUT2D eigenvalue weighted by molar-refractivity contribution is -0.385. The second kappa shape index (κ2) is 10.3. The van der Waals surface area contributed by atoms with Crippen LogP contribution in [0.25, 0.3) is 0 Å². The Bertz CT molecular complexity index is 1120. The van der Waals surface area contributed by atoms with Gasteiger partial charge in [0.15, 0.2) is 0 Å². The first-order chi connectivity index (χ1) is 14.5. The van der Waals surface area contributed by atoms with Crippen LogP contribution in [0.1, 0.15) is 16.7 Å². The van der Waals surface area contributed by atoms with Crippen LogP contribution in [0.15, 0.2) is 59.8 Å². The van der Waals surface area contributed by atoms with Crippen molar-refractivity contribution >= 4 is 62.9 Å². The molecule has 0 unspecified atom stereocenters. The van der Waals surface area contributed by atoms with E-state index in [1.54, 1.807) is 12.3 Å². The highest BCUT2D eigenvalue weighted by atomic mass is 127. The maximum atomic E-state index is 10.7. The zero-order chi connectivity index (χ0) is 21.5. The first-order valence-corrected chi connectivity index (χ1v) is 10.6. The smallest absolute Gasteiger partial charge is 0.287 e. The summed E-state index contributed by atoms with van der Waals surface area (Å²) in [6.07, 6.45) is 2.79. The van der Waals surface area contributed by atoms with Gasteiger partial charge in [0, 0.05) is 11.6 Å². The van der Waals surface area contributed by atoms with E-state index in [1.165, 1.54) is 18.3 Å². The van der Waals surface area contributed by atoms with Crippen LogP contribution in [0.2, 0.25) is 0 Å². The van der Waals surface area contributed by atoms with Gasteiger partial charge in [-0.15, -0.1) is 0 Å². The van der Waals surface area contributed by atoms with Gasteiger partial charge in [-0.2, -0.15) is 10.4 Å². The molecule has 0 aliphatic carbocycles. The SMILES string of the molecule is N#Cc1ccccc1COc1c(I)cc(/C=N/Nc2ccc([N+](=O)[O-])cn2)cc1I. The topological polar surface area (TPSA) is 113 Å². The van der Waals surface area contributed by atoms with Crippen molar-refractivity contribution in [3.05, 3.63) is 88.7 Å². The molecule has 1 aromatic heterocycles. The van der Waals surface area contributed by atoms with Gasteiger partial charge in [-0.05, 0) is 75.0 Å². The van der Waals surface area contributed by atoms with E-state index in [4.69, 9.17) is 4.74 Å². The number of rotatable bonds is 7. The summed E-state index contributed by atoms with van der Waals surface area (Å²) in [7, 11) is 0. The Balaban J connectivity index is 1.67. The van der Waals surface area contributed by atoms with Crippen LogP contribution in [-0.2, 0) is 6.61 Å². The minimum absolute atomic E-state index is 0.0818. The van der Waals surface area contributed by atoms with Gasteiger partial charge in [-0.1, -0.05) is 18.2 Å². The third-order valence-electron chi connectivity index (χ3n) is 3.88. The third kappa shape index (κ3) is 5.63. The number of hydrazone groups is 1. The average molecular weight is 625 g/mol. The van der Waals surface area contributed by atoms with E-state index in [1.807, 2.05) is 30.3 Å². The summed E-state index contributed by atoms with van der Waals surface area (Å²) in [4.78, 5) is 14.1. The summed E-state index contributed by atoms with van der Waals surface area (Å²) in [5.74, 6) is 1.14. The average Bonchev–Trinajstić information content (AvgIpc) is 2.74. The normalized spacial score (nSPS) is 10.6. The highest BCUT2D eigenvalue weighted by molar-refractivity contribution is 14.1. The molecule has 0 radical (unpaired) electrons. The van der Waals surface area contributed by atoms with Crippen LogP contribution in [0.5, 0.6) is 5.75 Å². The molecule has 0 fully saturated rings. The van der Waals surface area contributed by atoms with Crippen LogP contribution < -0.4 is 10.2 Å². The Morgan fingerprint density at radius 3 is 2.60 bits per heavy atom. The summed E-state index contributed by atoms with van der Waals surface area (Å²) in [5, 5.41) is 24.0. The van der Waals surface area contributed by atoms with E-state index in [-0.39, 0.29) is 5.69 Å². The molecule has 0 atom stereocenters. The molecule has 0 saturated heterocycles. The van der Waals surface area contributed by atoms with Crippen molar-refractivity contribution in [3.8, 4) is 11.8 Å². The van der Waals surface area contributed by atoms with E-state index >= 15 is 0 Å². The monoisotopic (exact) mass is 625 g/mol. The van der Waals surface area contributed by atoms with Crippen molar-refractivity contribution in [1.82, 2.24) is 4.98 Å². The number of ether oxygens (including phenoxy) is 1. The Morgan fingerprint density at radius 1 is 1.23 bits per heavy atom. The van der Waals surface area contributed by atoms with Crippen molar-refractivity contribution in [2.24, 2.45) is 5.10 Å². The van der Waals surface area contributed by atoms with Gasteiger partial charge in [0.2, 0.25) is 0 Å². The Morgan fingerprint density at radius 2 is 1.97 bits per heavy atom. The lowest BCUT2D eigenvalue weighted by Gasteiger charge is -2.12. The molecule has 150 valence electrons. The molecule has 0 spiro atoms. The summed E-state index contributed by atoms with van der Waals surface area (Å²) >= 11 is 4.38. The van der Waals surface area contributed by atoms with Gasteiger partial charge in [0.1, 0.15) is 24.4 Å². The Hall–Kier alpha value is -2.79. The van der Waals surface area contributed by atoms with Crippen molar-refractivity contribution in [3.63, 3.8) is 0 Å². The van der Waals surface area contributed by atoms with Crippen molar-refractivity contribution in [2.75, 3.05) is 5.43 Å². The first-order valence-electron chi connectivity index (χ1n) is 8.47. The number of nitrogens with one attached hydrogen (secondary N) is 1. The number of halogens is 2. The van der Waals surface area contributed by atoms with Crippen molar-refractivity contribution in [2.45, 2.75) is 6.61 Å². The van der Waals surface area contributed by atoms with Gasteiger partial charge in [0.05, 0.1) is 29.9 Å². The van der Waals surface area contributed by atoms with Crippen LogP contribution in [0.3, 0.4) is 0 Å². The molecule has 3 rings (SSSR count). The standard InChI is InChI=1S/C20H13I2N5O3/c21-17-7-13(10-25-26-19-6-5-16(11-24-19)27(28)29)8-18(22)20(17)30-12-15-4-2-1-3-14(15)9-23/h1-8,10-11H,12H2,(H,24,26)/b25-10+. The molecule has 0 saturated carbocycles. The number of pyridine rings is 1. The quantitative estimate of drug-likeness (QED) is 0.169. The molecule has 10 heteroatoms. The van der Waals surface area contributed by atoms with Gasteiger partial charge in [-0.25, -0.2) is 4.98 Å². The van der Waals surface area contributed by atoms with Crippen LogP contribution in [0.4, 0.5) is 11.5 Å². The molecular weight excluding hydrogens is 612 g/mol. The third-order valence-corrected chi connectivity index (χ3v) is 5.48. The molecule has 0 aliphatic heterocycles. The maximum absolute atomic E-state index is 10.7. The van der Waals surface area contributed by atoms with Gasteiger partial charge in [0.25, 0.3) is 5.69 Å². The summed E-state index contributed by atoms with van der Waals surface area (Å²) < 4.78 is 7.78. The second-order valence-electron chi connectivity index (χ2n) is 5.90. The molecule has 0 bridgehead atoms. The fourth-order valence-electron chi connectivity index (χ4n) is 2.43. The molecule has 2 aromatic carbocycles. The van der Waals surface area contributed by atoms with Crippen LogP contribution in [-0.4, -0.2) is 16.1 Å². The van der Waals surface area contributed by atoms with Crippen molar-refractivity contribution in [1.29, 1.82) is 5.26 Å². The fraction of sp³-hybridized carbons (Fsp3) is 0.0500. The van der Waals surface area contributed by atoms with Crippen molar-refractivity contribution < 1.29 is 9.66 Å². The van der Waals surface area contributed by atoms with Crippen LogP contribution >= 0.6 is 45.2 Å². The highest BCUT2D eigenvalue weighted by Gasteiger charge is 2.10. The van der Waals surface area contributed by atoms with E-state index in [0.29, 0.717) is 18.0 Å². The molecule has 1 N–H and O–H groups in total. The number of nitriles is 1. The maximum Gasteiger partial charge on any atom is 0.287 e. The van der Waals surface area contributed by atoms with E-state index in [2.05, 4.69) is 66.8 Å². The molecule has 3 aromatic rings. The Labute approximate surface area is 199 Å².